The molecule has 0 heterocycles. The van der Waals surface area contributed by atoms with Crippen molar-refractivity contribution in [3.05, 3.63) is 87.4 Å². The average Bonchev–Trinajstić information content (AvgIpc) is 2.78. The molecule has 0 aliphatic rings. The highest BCUT2D eigenvalue weighted by Gasteiger charge is 2.16. The average molecular weight is 487 g/mol. The van der Waals surface area contributed by atoms with Crippen LogP contribution in [0.4, 0.5) is 0 Å². The minimum Gasteiger partial charge on any atom is -0.493 e. The van der Waals surface area contributed by atoms with Crippen molar-refractivity contribution in [2.75, 3.05) is 13.7 Å². The Labute approximate surface area is 200 Å². The van der Waals surface area contributed by atoms with Crippen LogP contribution in [-0.2, 0) is 4.79 Å². The molecular weight excluding hydrogens is 467 g/mol. The number of ether oxygens (including phenoxy) is 3. The smallest absolute Gasteiger partial charge is 0.345 e. The molecule has 9 heteroatoms. The zero-order valence-corrected chi connectivity index (χ0v) is 19.3. The van der Waals surface area contributed by atoms with Gasteiger partial charge in [0.15, 0.2) is 18.1 Å². The maximum Gasteiger partial charge on any atom is 0.345 e. The summed E-state index contributed by atoms with van der Waals surface area (Å²) in [6.07, 6.45) is 1.43. The number of amides is 1. The van der Waals surface area contributed by atoms with E-state index < -0.39 is 11.9 Å². The van der Waals surface area contributed by atoms with Crippen LogP contribution in [0.2, 0.25) is 10.0 Å². The Hall–Kier alpha value is -3.55. The van der Waals surface area contributed by atoms with Gasteiger partial charge >= 0.3 is 5.97 Å². The number of methoxy groups -OCH3 is 1. The molecule has 170 valence electrons. The van der Waals surface area contributed by atoms with Gasteiger partial charge in [-0.1, -0.05) is 35.3 Å². The van der Waals surface area contributed by atoms with E-state index in [1.165, 1.54) is 25.5 Å². The first-order valence-electron chi connectivity index (χ1n) is 9.72. The largest absolute Gasteiger partial charge is 0.493 e. The number of hydrogen-bond donors (Lipinski definition) is 1. The van der Waals surface area contributed by atoms with Crippen molar-refractivity contribution in [3.63, 3.8) is 0 Å². The van der Waals surface area contributed by atoms with Crippen molar-refractivity contribution in [1.29, 1.82) is 0 Å². The lowest BCUT2D eigenvalue weighted by molar-refractivity contribution is -0.123. The SMILES string of the molecule is COc1cc(C=NNC(=O)COc2cccc(C)c2)ccc1OC(=O)c1ccc(Cl)cc1Cl. The molecule has 3 aromatic rings. The molecule has 0 saturated carbocycles. The highest BCUT2D eigenvalue weighted by atomic mass is 35.5. The number of aryl methyl sites for hydroxylation is 1. The van der Waals surface area contributed by atoms with Crippen LogP contribution >= 0.6 is 23.2 Å². The Morgan fingerprint density at radius 1 is 1.03 bits per heavy atom. The van der Waals surface area contributed by atoms with Gasteiger partial charge < -0.3 is 14.2 Å². The number of carbonyl (C=O) groups is 2. The molecule has 0 aromatic heterocycles. The molecule has 0 atom stereocenters. The Morgan fingerprint density at radius 2 is 1.85 bits per heavy atom. The molecule has 3 aromatic carbocycles. The van der Waals surface area contributed by atoms with Crippen molar-refractivity contribution in [3.8, 4) is 17.2 Å². The summed E-state index contributed by atoms with van der Waals surface area (Å²) >= 11 is 11.9. The number of hydrogen-bond acceptors (Lipinski definition) is 6. The van der Waals surface area contributed by atoms with Crippen molar-refractivity contribution in [1.82, 2.24) is 5.43 Å². The highest BCUT2D eigenvalue weighted by molar-refractivity contribution is 6.36. The van der Waals surface area contributed by atoms with Crippen LogP contribution in [0, 0.1) is 6.92 Å². The first-order chi connectivity index (χ1) is 15.9. The second-order valence-corrected chi connectivity index (χ2v) is 7.67. The van der Waals surface area contributed by atoms with E-state index in [2.05, 4.69) is 10.5 Å². The van der Waals surface area contributed by atoms with E-state index in [4.69, 9.17) is 37.4 Å². The van der Waals surface area contributed by atoms with Gasteiger partial charge in [0.25, 0.3) is 5.91 Å². The first kappa shape index (κ1) is 24.1. The Kier molecular flexibility index (Phi) is 8.29. The van der Waals surface area contributed by atoms with E-state index in [0.717, 1.165) is 5.56 Å². The van der Waals surface area contributed by atoms with Gasteiger partial charge in [0.2, 0.25) is 0 Å². The van der Waals surface area contributed by atoms with Crippen LogP contribution in [0.1, 0.15) is 21.5 Å². The van der Waals surface area contributed by atoms with Gasteiger partial charge in [0.1, 0.15) is 5.75 Å². The summed E-state index contributed by atoms with van der Waals surface area (Å²) in [5, 5.41) is 4.49. The quantitative estimate of drug-likeness (QED) is 0.208. The number of halogens is 2. The van der Waals surface area contributed by atoms with Crippen LogP contribution in [0.15, 0.2) is 65.8 Å². The molecular formula is C24H20Cl2N2O5. The number of carbonyl (C=O) groups excluding carboxylic acids is 2. The van der Waals surface area contributed by atoms with E-state index in [1.807, 2.05) is 25.1 Å². The molecule has 33 heavy (non-hydrogen) atoms. The van der Waals surface area contributed by atoms with Crippen LogP contribution in [0.25, 0.3) is 0 Å². The minimum atomic E-state index is -0.655. The fourth-order valence-corrected chi connectivity index (χ4v) is 3.21. The Morgan fingerprint density at radius 3 is 2.58 bits per heavy atom. The topological polar surface area (TPSA) is 86.2 Å². The third-order valence-electron chi connectivity index (χ3n) is 4.30. The van der Waals surface area contributed by atoms with Crippen molar-refractivity contribution in [2.45, 2.75) is 6.92 Å². The van der Waals surface area contributed by atoms with E-state index >= 15 is 0 Å². The number of hydrazone groups is 1. The maximum absolute atomic E-state index is 12.4. The molecule has 0 saturated heterocycles. The molecule has 0 aliphatic heterocycles. The van der Waals surface area contributed by atoms with E-state index in [9.17, 15) is 9.59 Å². The van der Waals surface area contributed by atoms with Gasteiger partial charge in [-0.15, -0.1) is 0 Å². The minimum absolute atomic E-state index is 0.171. The Balaban J connectivity index is 1.59. The van der Waals surface area contributed by atoms with Gasteiger partial charge in [0.05, 0.1) is 23.9 Å². The normalized spacial score (nSPS) is 10.7. The van der Waals surface area contributed by atoms with Crippen molar-refractivity contribution < 1.29 is 23.8 Å². The fraction of sp³-hybridized carbons (Fsp3) is 0.125. The summed E-state index contributed by atoms with van der Waals surface area (Å²) in [5.41, 5.74) is 4.20. The molecule has 0 spiro atoms. The lowest BCUT2D eigenvalue weighted by atomic mass is 10.2. The molecule has 0 aliphatic carbocycles. The molecule has 1 amide bonds. The predicted molar refractivity (Wildman–Crippen MR) is 127 cm³/mol. The van der Waals surface area contributed by atoms with Gasteiger partial charge in [-0.25, -0.2) is 10.2 Å². The summed E-state index contributed by atoms with van der Waals surface area (Å²) in [6.45, 7) is 1.76. The molecule has 0 bridgehead atoms. The van der Waals surface area contributed by atoms with Crippen LogP contribution in [0.3, 0.4) is 0 Å². The van der Waals surface area contributed by atoms with Crippen molar-refractivity contribution in [2.24, 2.45) is 5.10 Å². The second-order valence-electron chi connectivity index (χ2n) is 6.82. The van der Waals surface area contributed by atoms with Crippen molar-refractivity contribution >= 4 is 41.3 Å². The number of nitrogens with one attached hydrogen (secondary N) is 1. The molecule has 0 fully saturated rings. The standard InChI is InChI=1S/C24H20Cl2N2O5/c1-15-4-3-5-18(10-15)32-14-23(29)28-27-13-16-6-9-21(22(11-16)31-2)33-24(30)19-8-7-17(25)12-20(19)26/h3-13H,14H2,1-2H3,(H,28,29). The second kappa shape index (κ2) is 11.4. The van der Waals surface area contributed by atoms with Gasteiger partial charge in [0, 0.05) is 5.02 Å². The van der Waals surface area contributed by atoms with E-state index in [-0.39, 0.29) is 22.9 Å². The summed E-state index contributed by atoms with van der Waals surface area (Å²) in [6, 6.07) is 16.7. The van der Waals surface area contributed by atoms with Gasteiger partial charge in [-0.2, -0.15) is 5.10 Å². The lowest BCUT2D eigenvalue weighted by Gasteiger charge is -2.10. The Bertz CT molecular complexity index is 1200. The summed E-state index contributed by atoms with van der Waals surface area (Å²) in [7, 11) is 1.44. The van der Waals surface area contributed by atoms with Crippen LogP contribution in [0.5, 0.6) is 17.2 Å². The number of nitrogens with zero attached hydrogens (tertiary/aromatic N) is 1. The number of esters is 1. The van der Waals surface area contributed by atoms with E-state index in [0.29, 0.717) is 22.1 Å². The number of rotatable bonds is 8. The van der Waals surface area contributed by atoms with Crippen LogP contribution in [-0.4, -0.2) is 31.8 Å². The van der Waals surface area contributed by atoms with Crippen LogP contribution < -0.4 is 19.6 Å². The van der Waals surface area contributed by atoms with Gasteiger partial charge in [-0.05, 0) is 66.6 Å². The third kappa shape index (κ3) is 6.97. The molecule has 7 nitrogen and oxygen atoms in total. The molecule has 0 radical (unpaired) electrons. The highest BCUT2D eigenvalue weighted by Crippen LogP contribution is 2.30. The molecule has 0 unspecified atom stereocenters. The predicted octanol–water partition coefficient (Wildman–Crippen LogP) is 5.06. The molecule has 1 N–H and O–H groups in total. The van der Waals surface area contributed by atoms with E-state index in [1.54, 1.807) is 30.3 Å². The summed E-state index contributed by atoms with van der Waals surface area (Å²) in [5.74, 6) is 0.0269. The fourth-order valence-electron chi connectivity index (χ4n) is 2.72. The monoisotopic (exact) mass is 486 g/mol. The zero-order chi connectivity index (χ0) is 23.8. The number of benzene rings is 3. The summed E-state index contributed by atoms with van der Waals surface area (Å²) < 4.78 is 16.1. The van der Waals surface area contributed by atoms with Gasteiger partial charge in [-0.3, -0.25) is 4.79 Å². The third-order valence-corrected chi connectivity index (χ3v) is 4.85. The molecule has 3 rings (SSSR count). The summed E-state index contributed by atoms with van der Waals surface area (Å²) in [4.78, 5) is 24.4. The lowest BCUT2D eigenvalue weighted by Crippen LogP contribution is -2.24. The zero-order valence-electron chi connectivity index (χ0n) is 17.8. The first-order valence-corrected chi connectivity index (χ1v) is 10.5. The maximum atomic E-state index is 12.4.